The molecule has 8 heteroatoms. The minimum absolute atomic E-state index is 0.0152. The Kier molecular flexibility index (Phi) is 4.36. The SMILES string of the molecule is COc1ccc(S(N)(=O)=O)cc1NCc1ccc(Br)o1. The smallest absolute Gasteiger partial charge is 0.238 e. The molecule has 0 spiro atoms. The molecule has 0 atom stereocenters. The molecule has 0 radical (unpaired) electrons. The third-order valence-electron chi connectivity index (χ3n) is 2.58. The Morgan fingerprint density at radius 2 is 2.10 bits per heavy atom. The summed E-state index contributed by atoms with van der Waals surface area (Å²) < 4.78 is 33.8. The van der Waals surface area contributed by atoms with E-state index in [0.717, 1.165) is 0 Å². The average Bonchev–Trinajstić information content (AvgIpc) is 2.80. The lowest BCUT2D eigenvalue weighted by molar-refractivity contribution is 0.415. The molecule has 2 rings (SSSR count). The molecule has 1 heterocycles. The van der Waals surface area contributed by atoms with Crippen molar-refractivity contribution in [3.63, 3.8) is 0 Å². The van der Waals surface area contributed by atoms with Gasteiger partial charge in [-0.15, -0.1) is 0 Å². The molecule has 0 saturated carbocycles. The summed E-state index contributed by atoms with van der Waals surface area (Å²) in [6.45, 7) is 0.385. The highest BCUT2D eigenvalue weighted by molar-refractivity contribution is 9.10. The molecule has 0 bridgehead atoms. The molecular formula is C12H13BrN2O4S. The fourth-order valence-corrected chi connectivity index (χ4v) is 2.51. The second-order valence-corrected chi connectivity index (χ2v) is 6.31. The maximum absolute atomic E-state index is 11.3. The third-order valence-corrected chi connectivity index (χ3v) is 3.92. The van der Waals surface area contributed by atoms with Crippen LogP contribution < -0.4 is 15.2 Å². The van der Waals surface area contributed by atoms with E-state index >= 15 is 0 Å². The topological polar surface area (TPSA) is 94.6 Å². The van der Waals surface area contributed by atoms with Gasteiger partial charge in [0.05, 0.1) is 24.2 Å². The maximum Gasteiger partial charge on any atom is 0.238 e. The van der Waals surface area contributed by atoms with Gasteiger partial charge in [0.2, 0.25) is 10.0 Å². The van der Waals surface area contributed by atoms with Crippen LogP contribution in [-0.4, -0.2) is 15.5 Å². The lowest BCUT2D eigenvalue weighted by atomic mass is 10.3. The molecule has 2 aromatic rings. The van der Waals surface area contributed by atoms with E-state index in [4.69, 9.17) is 14.3 Å². The summed E-state index contributed by atoms with van der Waals surface area (Å²) >= 11 is 3.21. The number of benzene rings is 1. The van der Waals surface area contributed by atoms with Gasteiger partial charge in [-0.2, -0.15) is 0 Å². The van der Waals surface area contributed by atoms with Crippen LogP contribution in [0.2, 0.25) is 0 Å². The van der Waals surface area contributed by atoms with Crippen molar-refractivity contribution in [2.24, 2.45) is 5.14 Å². The summed E-state index contributed by atoms with van der Waals surface area (Å²) in [5.41, 5.74) is 0.520. The van der Waals surface area contributed by atoms with E-state index in [2.05, 4.69) is 21.2 Å². The molecule has 0 unspecified atom stereocenters. The molecule has 20 heavy (non-hydrogen) atoms. The van der Waals surface area contributed by atoms with Crippen molar-refractivity contribution in [2.75, 3.05) is 12.4 Å². The Hall–Kier alpha value is -1.51. The Labute approximate surface area is 125 Å². The molecule has 0 aliphatic carbocycles. The molecule has 1 aromatic heterocycles. The summed E-state index contributed by atoms with van der Waals surface area (Å²) in [5, 5.41) is 8.15. The third kappa shape index (κ3) is 3.53. The maximum atomic E-state index is 11.3. The van der Waals surface area contributed by atoms with Gasteiger partial charge in [0, 0.05) is 0 Å². The van der Waals surface area contributed by atoms with Gasteiger partial charge in [-0.3, -0.25) is 0 Å². The largest absolute Gasteiger partial charge is 0.495 e. The van der Waals surface area contributed by atoms with Gasteiger partial charge in [-0.05, 0) is 46.3 Å². The first kappa shape index (κ1) is 14.9. The van der Waals surface area contributed by atoms with Crippen molar-refractivity contribution in [1.29, 1.82) is 0 Å². The van der Waals surface area contributed by atoms with Crippen LogP contribution in [-0.2, 0) is 16.6 Å². The number of furan rings is 1. The second kappa shape index (κ2) is 5.86. The molecule has 3 N–H and O–H groups in total. The summed E-state index contributed by atoms with van der Waals surface area (Å²) in [7, 11) is -2.26. The van der Waals surface area contributed by atoms with E-state index in [1.165, 1.54) is 19.2 Å². The molecule has 0 fully saturated rings. The van der Waals surface area contributed by atoms with E-state index in [0.29, 0.717) is 28.4 Å². The summed E-state index contributed by atoms with van der Waals surface area (Å²) in [6.07, 6.45) is 0. The Balaban J connectivity index is 2.24. The Morgan fingerprint density at radius 1 is 1.35 bits per heavy atom. The van der Waals surface area contributed by atoms with Crippen molar-refractivity contribution in [1.82, 2.24) is 0 Å². The van der Waals surface area contributed by atoms with Crippen LogP contribution in [0, 0.1) is 0 Å². The average molecular weight is 361 g/mol. The molecular weight excluding hydrogens is 348 g/mol. The highest BCUT2D eigenvalue weighted by atomic mass is 79.9. The number of rotatable bonds is 5. The van der Waals surface area contributed by atoms with Crippen LogP contribution >= 0.6 is 15.9 Å². The Morgan fingerprint density at radius 3 is 2.65 bits per heavy atom. The molecule has 1 aromatic carbocycles. The molecule has 0 amide bonds. The van der Waals surface area contributed by atoms with E-state index in [9.17, 15) is 8.42 Å². The molecule has 0 saturated heterocycles. The zero-order valence-electron chi connectivity index (χ0n) is 10.6. The summed E-state index contributed by atoms with van der Waals surface area (Å²) in [6, 6.07) is 7.93. The van der Waals surface area contributed by atoms with Crippen LogP contribution in [0.15, 0.2) is 44.3 Å². The van der Waals surface area contributed by atoms with E-state index in [-0.39, 0.29) is 4.90 Å². The fourth-order valence-electron chi connectivity index (χ4n) is 1.63. The standard InChI is InChI=1S/C12H13BrN2O4S/c1-18-11-4-3-9(20(14,16)17)6-10(11)15-7-8-2-5-12(13)19-8/h2-6,15H,7H2,1H3,(H2,14,16,17). The minimum atomic E-state index is -3.76. The van der Waals surface area contributed by atoms with Gasteiger partial charge in [0.1, 0.15) is 11.5 Å². The number of hydrogen-bond acceptors (Lipinski definition) is 5. The first-order valence-electron chi connectivity index (χ1n) is 5.59. The number of halogens is 1. The first-order valence-corrected chi connectivity index (χ1v) is 7.93. The van der Waals surface area contributed by atoms with Crippen LogP contribution in [0.5, 0.6) is 5.75 Å². The normalized spacial score (nSPS) is 11.3. The lowest BCUT2D eigenvalue weighted by Crippen LogP contribution is -2.12. The highest BCUT2D eigenvalue weighted by Gasteiger charge is 2.12. The number of ether oxygens (including phenoxy) is 1. The fraction of sp³-hybridized carbons (Fsp3) is 0.167. The Bertz CT molecular complexity index is 712. The van der Waals surface area contributed by atoms with Crippen molar-refractivity contribution < 1.29 is 17.6 Å². The quantitative estimate of drug-likeness (QED) is 0.852. The van der Waals surface area contributed by atoms with Crippen LogP contribution in [0.25, 0.3) is 0 Å². The van der Waals surface area contributed by atoms with Gasteiger partial charge in [-0.25, -0.2) is 13.6 Å². The van der Waals surface area contributed by atoms with Gasteiger partial charge in [0.25, 0.3) is 0 Å². The number of anilines is 1. The zero-order valence-corrected chi connectivity index (χ0v) is 13.0. The number of sulfonamides is 1. The summed E-state index contributed by atoms with van der Waals surface area (Å²) in [5.74, 6) is 1.21. The molecule has 0 aliphatic rings. The number of hydrogen-bond donors (Lipinski definition) is 2. The lowest BCUT2D eigenvalue weighted by Gasteiger charge is -2.11. The van der Waals surface area contributed by atoms with Crippen LogP contribution in [0.3, 0.4) is 0 Å². The van der Waals surface area contributed by atoms with Crippen molar-refractivity contribution in [3.8, 4) is 5.75 Å². The molecule has 6 nitrogen and oxygen atoms in total. The van der Waals surface area contributed by atoms with E-state index in [1.807, 2.05) is 0 Å². The van der Waals surface area contributed by atoms with Crippen LogP contribution in [0.1, 0.15) is 5.76 Å². The highest BCUT2D eigenvalue weighted by Crippen LogP contribution is 2.27. The van der Waals surface area contributed by atoms with Crippen molar-refractivity contribution in [2.45, 2.75) is 11.4 Å². The van der Waals surface area contributed by atoms with Gasteiger partial charge in [-0.1, -0.05) is 0 Å². The van der Waals surface area contributed by atoms with Crippen molar-refractivity contribution in [3.05, 3.63) is 40.8 Å². The number of primary sulfonamides is 1. The number of nitrogens with two attached hydrogens (primary N) is 1. The van der Waals surface area contributed by atoms with Crippen LogP contribution in [0.4, 0.5) is 5.69 Å². The predicted octanol–water partition coefficient (Wildman–Crippen LogP) is 2.31. The zero-order chi connectivity index (χ0) is 14.8. The predicted molar refractivity (Wildman–Crippen MR) is 78.1 cm³/mol. The molecule has 0 aliphatic heterocycles. The van der Waals surface area contributed by atoms with Gasteiger partial charge < -0.3 is 14.5 Å². The minimum Gasteiger partial charge on any atom is -0.495 e. The van der Waals surface area contributed by atoms with Gasteiger partial charge in [0.15, 0.2) is 4.67 Å². The van der Waals surface area contributed by atoms with E-state index < -0.39 is 10.0 Å². The van der Waals surface area contributed by atoms with E-state index in [1.54, 1.807) is 18.2 Å². The number of methoxy groups -OCH3 is 1. The summed E-state index contributed by atoms with van der Waals surface area (Å²) in [4.78, 5) is 0.0152. The monoisotopic (exact) mass is 360 g/mol. The first-order chi connectivity index (χ1) is 9.40. The second-order valence-electron chi connectivity index (χ2n) is 3.97. The van der Waals surface area contributed by atoms with Gasteiger partial charge >= 0.3 is 0 Å². The number of nitrogens with one attached hydrogen (secondary N) is 1. The van der Waals surface area contributed by atoms with Crippen molar-refractivity contribution >= 4 is 31.6 Å². The molecule has 108 valence electrons.